The zero-order valence-electron chi connectivity index (χ0n) is 32.1. The topological polar surface area (TPSA) is 22.1 Å². The van der Waals surface area contributed by atoms with Crippen LogP contribution in [0.3, 0.4) is 0 Å². The maximum Gasteiger partial charge on any atom is 0.0713 e. The Labute approximate surface area is 270 Å². The molecule has 1 heterocycles. The van der Waals surface area contributed by atoms with Gasteiger partial charge in [0.2, 0.25) is 0 Å². The van der Waals surface area contributed by atoms with Crippen molar-refractivity contribution in [2.75, 3.05) is 7.11 Å². The molecule has 2 aromatic carbocycles. The van der Waals surface area contributed by atoms with E-state index in [0.717, 1.165) is 5.69 Å². The summed E-state index contributed by atoms with van der Waals surface area (Å²) in [6, 6.07) is 26.2. The highest BCUT2D eigenvalue weighted by molar-refractivity contribution is 5.13. The lowest BCUT2D eigenvalue weighted by atomic mass is 10.2. The van der Waals surface area contributed by atoms with Crippen molar-refractivity contribution in [2.45, 2.75) is 153 Å². The Morgan fingerprint density at radius 2 is 0.762 bits per heavy atom. The van der Waals surface area contributed by atoms with Gasteiger partial charge in [-0.15, -0.1) is 0 Å². The highest BCUT2D eigenvalue weighted by Crippen LogP contribution is 1.98. The molecule has 1 aromatic heterocycles. The van der Waals surface area contributed by atoms with Gasteiger partial charge in [0, 0.05) is 19.0 Å². The predicted octanol–water partition coefficient (Wildman–Crippen LogP) is 15.1. The first-order valence-corrected chi connectivity index (χ1v) is 16.6. The predicted molar refractivity (Wildman–Crippen MR) is 206 cm³/mol. The van der Waals surface area contributed by atoms with Gasteiger partial charge in [-0.05, 0) is 31.5 Å². The summed E-state index contributed by atoms with van der Waals surface area (Å²) in [6.45, 7) is 40.8. The number of hydrogen-bond acceptors (Lipinski definition) is 2. The fourth-order valence-corrected chi connectivity index (χ4v) is 1.72. The molecule has 0 atom stereocenters. The number of benzene rings is 2. The molecule has 0 fully saturated rings. The molecule has 2 nitrogen and oxygen atoms in total. The van der Waals surface area contributed by atoms with Crippen LogP contribution in [0.15, 0.2) is 85.1 Å². The van der Waals surface area contributed by atoms with E-state index in [9.17, 15) is 0 Å². The minimum atomic E-state index is 0. The molecule has 0 radical (unpaired) electrons. The third-order valence-corrected chi connectivity index (χ3v) is 2.91. The van der Waals surface area contributed by atoms with Crippen molar-refractivity contribution in [1.29, 1.82) is 0 Å². The normalized spacial score (nSPS) is 6.21. The zero-order chi connectivity index (χ0) is 34.8. The highest BCUT2D eigenvalue weighted by Gasteiger charge is 1.84. The van der Waals surface area contributed by atoms with Crippen molar-refractivity contribution in [3.63, 3.8) is 0 Å². The number of aromatic nitrogens is 1. The van der Waals surface area contributed by atoms with Crippen LogP contribution < -0.4 is 0 Å². The van der Waals surface area contributed by atoms with Crippen LogP contribution in [0, 0.1) is 13.8 Å². The highest BCUT2D eigenvalue weighted by atomic mass is 16.5. The SMILES string of the molecule is C.CC.CC.CC.CC.CC.CC.CC.CC.CC.COCc1ccccc1.Cc1ccccc1.Cc1ccccn1. The molecular weight excluding hydrogens is 510 g/mol. The molecular formula is C40H83NO. The Morgan fingerprint density at radius 1 is 0.452 bits per heavy atom. The minimum Gasteiger partial charge on any atom is -0.380 e. The fourth-order valence-electron chi connectivity index (χ4n) is 1.72. The lowest BCUT2D eigenvalue weighted by Crippen LogP contribution is -1.84. The second kappa shape index (κ2) is 98.0. The number of aryl methyl sites for hydroxylation is 2. The Morgan fingerprint density at radius 3 is 0.952 bits per heavy atom. The molecule has 2 heteroatoms. The summed E-state index contributed by atoms with van der Waals surface area (Å²) in [5, 5.41) is 0. The third kappa shape index (κ3) is 83.2. The van der Waals surface area contributed by atoms with Crippen LogP contribution in [0.4, 0.5) is 0 Å². The van der Waals surface area contributed by atoms with Crippen molar-refractivity contribution < 1.29 is 4.74 Å². The van der Waals surface area contributed by atoms with Crippen LogP contribution in [-0.4, -0.2) is 12.1 Å². The van der Waals surface area contributed by atoms with E-state index in [1.807, 2.05) is 198 Å². The average Bonchev–Trinajstić information content (AvgIpc) is 3.11. The van der Waals surface area contributed by atoms with Gasteiger partial charge >= 0.3 is 0 Å². The molecule has 0 spiro atoms. The Bertz CT molecular complexity index is 573. The van der Waals surface area contributed by atoms with Gasteiger partial charge in [0.15, 0.2) is 0 Å². The van der Waals surface area contributed by atoms with Gasteiger partial charge in [-0.25, -0.2) is 0 Å². The second-order valence-electron chi connectivity index (χ2n) is 5.04. The third-order valence-electron chi connectivity index (χ3n) is 2.91. The first kappa shape index (κ1) is 67.3. The van der Waals surface area contributed by atoms with Gasteiger partial charge in [0.05, 0.1) is 6.61 Å². The van der Waals surface area contributed by atoms with Crippen LogP contribution in [-0.2, 0) is 11.3 Å². The molecule has 3 aromatic rings. The van der Waals surface area contributed by atoms with Crippen LogP contribution in [0.1, 0.15) is 149 Å². The summed E-state index contributed by atoms with van der Waals surface area (Å²) in [7, 11) is 1.70. The van der Waals surface area contributed by atoms with E-state index in [-0.39, 0.29) is 7.43 Å². The van der Waals surface area contributed by atoms with Crippen LogP contribution in [0.25, 0.3) is 0 Å². The molecule has 0 saturated heterocycles. The summed E-state index contributed by atoms with van der Waals surface area (Å²) >= 11 is 0. The van der Waals surface area contributed by atoms with Crippen molar-refractivity contribution in [3.8, 4) is 0 Å². The Balaban J connectivity index is -0.0000000359. The maximum absolute atomic E-state index is 4.93. The van der Waals surface area contributed by atoms with Crippen molar-refractivity contribution in [1.82, 2.24) is 4.98 Å². The van der Waals surface area contributed by atoms with E-state index in [4.69, 9.17) is 4.74 Å². The number of ether oxygens (including phenoxy) is 1. The van der Waals surface area contributed by atoms with Crippen LogP contribution in [0.5, 0.6) is 0 Å². The lowest BCUT2D eigenvalue weighted by Gasteiger charge is -1.95. The van der Waals surface area contributed by atoms with Gasteiger partial charge in [0.1, 0.15) is 0 Å². The number of pyridine rings is 1. The maximum atomic E-state index is 4.93. The van der Waals surface area contributed by atoms with Crippen LogP contribution >= 0.6 is 0 Å². The first-order chi connectivity index (χ1) is 20.2. The zero-order valence-corrected chi connectivity index (χ0v) is 32.1. The Kier molecular flexibility index (Phi) is 157. The van der Waals surface area contributed by atoms with E-state index in [0.29, 0.717) is 6.61 Å². The van der Waals surface area contributed by atoms with E-state index >= 15 is 0 Å². The van der Waals surface area contributed by atoms with Gasteiger partial charge in [-0.3, -0.25) is 4.98 Å². The molecule has 0 aliphatic rings. The minimum absolute atomic E-state index is 0. The number of hydrogen-bond donors (Lipinski definition) is 0. The summed E-state index contributed by atoms with van der Waals surface area (Å²) in [4.78, 5) is 3.98. The number of rotatable bonds is 2. The summed E-state index contributed by atoms with van der Waals surface area (Å²) < 4.78 is 4.93. The second-order valence-corrected chi connectivity index (χ2v) is 5.04. The molecule has 0 aliphatic heterocycles. The van der Waals surface area contributed by atoms with E-state index in [2.05, 4.69) is 24.0 Å². The molecule has 3 rings (SSSR count). The van der Waals surface area contributed by atoms with E-state index < -0.39 is 0 Å². The summed E-state index contributed by atoms with van der Waals surface area (Å²) in [5.41, 5.74) is 3.62. The molecule has 254 valence electrons. The molecule has 0 aliphatic carbocycles. The van der Waals surface area contributed by atoms with Crippen molar-refractivity contribution in [2.24, 2.45) is 0 Å². The molecule has 0 amide bonds. The largest absolute Gasteiger partial charge is 0.380 e. The van der Waals surface area contributed by atoms with Crippen molar-refractivity contribution >= 4 is 0 Å². The summed E-state index contributed by atoms with van der Waals surface area (Å²) in [6.07, 6.45) is 1.79. The van der Waals surface area contributed by atoms with Crippen molar-refractivity contribution in [3.05, 3.63) is 102 Å². The average molecular weight is 594 g/mol. The molecule has 0 bridgehead atoms. The quantitative estimate of drug-likeness (QED) is 0.295. The number of nitrogens with zero attached hydrogens (tertiary/aromatic N) is 1. The first-order valence-electron chi connectivity index (χ1n) is 16.6. The molecule has 42 heavy (non-hydrogen) atoms. The van der Waals surface area contributed by atoms with E-state index in [1.165, 1.54) is 11.1 Å². The van der Waals surface area contributed by atoms with E-state index in [1.54, 1.807) is 13.3 Å². The fraction of sp³-hybridized carbons (Fsp3) is 0.575. The van der Waals surface area contributed by atoms with Gasteiger partial charge < -0.3 is 4.74 Å². The van der Waals surface area contributed by atoms with Gasteiger partial charge in [-0.2, -0.15) is 0 Å². The van der Waals surface area contributed by atoms with Crippen LogP contribution in [0.2, 0.25) is 0 Å². The standard InChI is InChI=1S/C8H10O.C7H8.C6H7N.9C2H6.CH4/c1-9-7-8-5-3-2-4-6-8;1-7-5-3-2-4-6-7;1-6-4-2-3-5-7-6;9*1-2;/h2-6H,7H2,1H3;2-6H,1H3;2-5H,1H3;9*1-2H3;1H4. The lowest BCUT2D eigenvalue weighted by molar-refractivity contribution is 0.185. The smallest absolute Gasteiger partial charge is 0.0713 e. The van der Waals surface area contributed by atoms with Gasteiger partial charge in [-0.1, -0.05) is 204 Å². The Hall–Kier alpha value is -2.45. The molecule has 0 N–H and O–H groups in total. The summed E-state index contributed by atoms with van der Waals surface area (Å²) in [5.74, 6) is 0. The molecule has 0 unspecified atom stereocenters. The number of methoxy groups -OCH3 is 1. The van der Waals surface area contributed by atoms with Gasteiger partial charge in [0.25, 0.3) is 0 Å². The monoisotopic (exact) mass is 594 g/mol. The molecule has 0 saturated carbocycles.